The van der Waals surface area contributed by atoms with Crippen LogP contribution in [-0.2, 0) is 9.59 Å². The fraction of sp³-hybridized carbons (Fsp3) is 0.333. The molecule has 0 heterocycles. The zero-order valence-corrected chi connectivity index (χ0v) is 17.8. The minimum Gasteiger partial charge on any atom is -0.481 e. The number of nitrogens with one attached hydrogen (secondary N) is 2. The Morgan fingerprint density at radius 1 is 0.828 bits per heavy atom. The van der Waals surface area contributed by atoms with Gasteiger partial charge in [-0.15, -0.1) is 0 Å². The molecule has 0 unspecified atom stereocenters. The minimum absolute atomic E-state index is 0.242. The third kappa shape index (κ3) is 8.21. The van der Waals surface area contributed by atoms with E-state index in [0.717, 1.165) is 0 Å². The van der Waals surface area contributed by atoms with E-state index in [1.165, 1.54) is 0 Å². The molecule has 0 aliphatic carbocycles. The molecule has 0 saturated carbocycles. The second kappa shape index (κ2) is 11.5. The minimum atomic E-state index is -0.658. The highest BCUT2D eigenvalue weighted by Crippen LogP contribution is 2.19. The van der Waals surface area contributed by atoms with E-state index in [1.807, 2.05) is 0 Å². The van der Waals surface area contributed by atoms with E-state index in [4.69, 9.17) is 32.7 Å². The van der Waals surface area contributed by atoms with Crippen LogP contribution in [0.25, 0.3) is 0 Å². The Bertz CT molecular complexity index is 764. The maximum Gasteiger partial charge on any atom is 0.260 e. The summed E-state index contributed by atoms with van der Waals surface area (Å²) in [5.74, 6) is 0.574. The molecule has 2 aromatic carbocycles. The number of halogens is 2. The number of ether oxygens (including phenoxy) is 2. The Balaban J connectivity index is 1.62. The van der Waals surface area contributed by atoms with Crippen LogP contribution in [-0.4, -0.2) is 37.1 Å². The first kappa shape index (κ1) is 22.8. The molecule has 2 N–H and O–H groups in total. The van der Waals surface area contributed by atoms with Crippen LogP contribution in [0.5, 0.6) is 11.5 Å². The molecule has 29 heavy (non-hydrogen) atoms. The van der Waals surface area contributed by atoms with E-state index < -0.39 is 12.2 Å². The molecule has 156 valence electrons. The lowest BCUT2D eigenvalue weighted by Gasteiger charge is -2.16. The lowest BCUT2D eigenvalue weighted by molar-refractivity contribution is -0.127. The van der Waals surface area contributed by atoms with Gasteiger partial charge in [0.2, 0.25) is 0 Å². The molecule has 0 bridgehead atoms. The van der Waals surface area contributed by atoms with Crippen molar-refractivity contribution in [1.29, 1.82) is 0 Å². The number of rotatable bonds is 10. The summed E-state index contributed by atoms with van der Waals surface area (Å²) in [4.78, 5) is 24.2. The van der Waals surface area contributed by atoms with Gasteiger partial charge in [-0.1, -0.05) is 35.3 Å². The van der Waals surface area contributed by atoms with Crippen LogP contribution in [0.3, 0.4) is 0 Å². The topological polar surface area (TPSA) is 76.7 Å². The summed E-state index contributed by atoms with van der Waals surface area (Å²) < 4.78 is 11.1. The Morgan fingerprint density at radius 3 is 1.62 bits per heavy atom. The van der Waals surface area contributed by atoms with Gasteiger partial charge in [-0.2, -0.15) is 0 Å². The molecular formula is C21H24Cl2N2O4. The molecule has 2 rings (SSSR count). The lowest BCUT2D eigenvalue weighted by atomic mass is 10.3. The van der Waals surface area contributed by atoms with Crippen molar-refractivity contribution >= 4 is 35.0 Å². The van der Waals surface area contributed by atoms with Crippen molar-refractivity contribution in [2.75, 3.05) is 13.1 Å². The smallest absolute Gasteiger partial charge is 0.260 e. The van der Waals surface area contributed by atoms with Gasteiger partial charge in [-0.05, 0) is 56.7 Å². The molecule has 8 heteroatoms. The van der Waals surface area contributed by atoms with Gasteiger partial charge >= 0.3 is 0 Å². The van der Waals surface area contributed by atoms with Gasteiger partial charge in [0.15, 0.2) is 12.2 Å². The van der Waals surface area contributed by atoms with Gasteiger partial charge < -0.3 is 20.1 Å². The van der Waals surface area contributed by atoms with Crippen LogP contribution in [0.2, 0.25) is 10.0 Å². The third-order valence-electron chi connectivity index (χ3n) is 3.91. The summed E-state index contributed by atoms with van der Waals surface area (Å²) in [5, 5.41) is 6.63. The molecule has 0 saturated heterocycles. The number of carbonyl (C=O) groups excluding carboxylic acids is 2. The highest BCUT2D eigenvalue weighted by molar-refractivity contribution is 6.31. The van der Waals surface area contributed by atoms with Crippen LogP contribution in [0.15, 0.2) is 48.5 Å². The summed E-state index contributed by atoms with van der Waals surface area (Å²) in [6, 6.07) is 13.7. The number of amides is 2. The summed E-state index contributed by atoms with van der Waals surface area (Å²) in [7, 11) is 0. The highest BCUT2D eigenvalue weighted by atomic mass is 35.5. The van der Waals surface area contributed by atoms with E-state index in [0.29, 0.717) is 41.1 Å². The Labute approximate surface area is 180 Å². The first-order valence-electron chi connectivity index (χ1n) is 9.25. The average Bonchev–Trinajstić information content (AvgIpc) is 2.67. The molecule has 0 aromatic heterocycles. The van der Waals surface area contributed by atoms with Crippen molar-refractivity contribution in [2.45, 2.75) is 32.5 Å². The highest BCUT2D eigenvalue weighted by Gasteiger charge is 2.16. The van der Waals surface area contributed by atoms with Gasteiger partial charge in [0.1, 0.15) is 11.5 Å². The van der Waals surface area contributed by atoms with Crippen molar-refractivity contribution in [2.24, 2.45) is 0 Å². The molecule has 6 nitrogen and oxygen atoms in total. The van der Waals surface area contributed by atoms with Gasteiger partial charge in [-0.3, -0.25) is 9.59 Å². The Morgan fingerprint density at radius 2 is 1.24 bits per heavy atom. The second-order valence-corrected chi connectivity index (χ2v) is 7.24. The number of benzene rings is 2. The first-order chi connectivity index (χ1) is 13.8. The van der Waals surface area contributed by atoms with Crippen molar-refractivity contribution in [3.63, 3.8) is 0 Å². The maximum atomic E-state index is 12.1. The van der Waals surface area contributed by atoms with Crippen LogP contribution in [0.1, 0.15) is 20.3 Å². The van der Waals surface area contributed by atoms with E-state index in [9.17, 15) is 9.59 Å². The van der Waals surface area contributed by atoms with Crippen molar-refractivity contribution < 1.29 is 19.1 Å². The molecule has 0 aliphatic heterocycles. The monoisotopic (exact) mass is 438 g/mol. The maximum absolute atomic E-state index is 12.1. The van der Waals surface area contributed by atoms with E-state index >= 15 is 0 Å². The van der Waals surface area contributed by atoms with Crippen LogP contribution in [0.4, 0.5) is 0 Å². The summed E-state index contributed by atoms with van der Waals surface area (Å²) in [6.45, 7) is 4.14. The molecule has 2 aromatic rings. The summed E-state index contributed by atoms with van der Waals surface area (Å²) in [5.41, 5.74) is 0. The number of carbonyl (C=O) groups is 2. The first-order valence-corrected chi connectivity index (χ1v) is 10.0. The SMILES string of the molecule is C[C@@H](Oc1cccc(Cl)c1)C(=O)NCCCNC(=O)[C@@H](C)Oc1cccc(Cl)c1. The normalized spacial score (nSPS) is 12.6. The van der Waals surface area contributed by atoms with Gasteiger partial charge in [0, 0.05) is 23.1 Å². The summed E-state index contributed by atoms with van der Waals surface area (Å²) in [6.07, 6.45) is -0.742. The largest absolute Gasteiger partial charge is 0.481 e. The third-order valence-corrected chi connectivity index (χ3v) is 4.38. The molecule has 2 atom stereocenters. The van der Waals surface area contributed by atoms with E-state index in [2.05, 4.69) is 10.6 Å². The Kier molecular flexibility index (Phi) is 9.09. The van der Waals surface area contributed by atoms with Crippen LogP contribution in [0, 0.1) is 0 Å². The summed E-state index contributed by atoms with van der Waals surface area (Å²) >= 11 is 11.8. The predicted molar refractivity (Wildman–Crippen MR) is 114 cm³/mol. The van der Waals surface area contributed by atoms with Crippen LogP contribution >= 0.6 is 23.2 Å². The fourth-order valence-corrected chi connectivity index (χ4v) is 2.76. The number of hydrogen-bond donors (Lipinski definition) is 2. The van der Waals surface area contributed by atoms with Crippen molar-refractivity contribution in [3.8, 4) is 11.5 Å². The molecule has 0 radical (unpaired) electrons. The quantitative estimate of drug-likeness (QED) is 0.552. The molecular weight excluding hydrogens is 415 g/mol. The lowest BCUT2D eigenvalue weighted by Crippen LogP contribution is -2.39. The van der Waals surface area contributed by atoms with E-state index in [-0.39, 0.29) is 11.8 Å². The second-order valence-electron chi connectivity index (χ2n) is 6.37. The molecule has 2 amide bonds. The molecule has 0 aliphatic rings. The van der Waals surface area contributed by atoms with Gasteiger partial charge in [0.05, 0.1) is 0 Å². The molecule has 0 fully saturated rings. The zero-order valence-electron chi connectivity index (χ0n) is 16.3. The number of hydrogen-bond acceptors (Lipinski definition) is 4. The van der Waals surface area contributed by atoms with Crippen molar-refractivity contribution in [1.82, 2.24) is 10.6 Å². The standard InChI is InChI=1S/C21H24Cl2N2O4/c1-14(28-18-8-3-6-16(22)12-18)20(26)24-10-5-11-25-21(27)15(2)29-19-9-4-7-17(23)13-19/h3-4,6-9,12-15H,5,10-11H2,1-2H3,(H,24,26)(H,25,27)/t14-,15-/m1/s1. The van der Waals surface area contributed by atoms with Gasteiger partial charge in [0.25, 0.3) is 11.8 Å². The zero-order chi connectivity index (χ0) is 21.2. The average molecular weight is 439 g/mol. The van der Waals surface area contributed by atoms with Gasteiger partial charge in [-0.25, -0.2) is 0 Å². The predicted octanol–water partition coefficient (Wildman–Crippen LogP) is 3.85. The fourth-order valence-electron chi connectivity index (χ4n) is 2.39. The van der Waals surface area contributed by atoms with E-state index in [1.54, 1.807) is 62.4 Å². The molecule has 0 spiro atoms. The Hall–Kier alpha value is -2.44. The van der Waals surface area contributed by atoms with Crippen molar-refractivity contribution in [3.05, 3.63) is 58.6 Å². The van der Waals surface area contributed by atoms with Crippen LogP contribution < -0.4 is 20.1 Å².